The summed E-state index contributed by atoms with van der Waals surface area (Å²) in [5, 5.41) is 7.48. The number of alkyl carbamates (subject to hydrolysis) is 1. The van der Waals surface area contributed by atoms with Crippen molar-refractivity contribution in [3.63, 3.8) is 0 Å². The highest BCUT2D eigenvalue weighted by Gasteiger charge is 2.63. The van der Waals surface area contributed by atoms with Crippen LogP contribution in [0.15, 0.2) is 6.20 Å². The first-order valence-electron chi connectivity index (χ1n) is 10.0. The third kappa shape index (κ3) is 3.24. The number of hydrogen-bond acceptors (Lipinski definition) is 4. The summed E-state index contributed by atoms with van der Waals surface area (Å²) in [4.78, 5) is 25.5. The van der Waals surface area contributed by atoms with E-state index in [4.69, 9.17) is 9.26 Å². The first-order chi connectivity index (χ1) is 12.9. The topological polar surface area (TPSA) is 87.5 Å². The van der Waals surface area contributed by atoms with Gasteiger partial charge in [0.25, 0.3) is 0 Å². The van der Waals surface area contributed by atoms with E-state index in [2.05, 4.69) is 49.7 Å². The van der Waals surface area contributed by atoms with E-state index < -0.39 is 26.1 Å². The maximum absolute atomic E-state index is 13.3. The lowest BCUT2D eigenvalue weighted by Crippen LogP contribution is -2.72. The van der Waals surface area contributed by atoms with Gasteiger partial charge in [-0.3, -0.25) is 0 Å². The van der Waals surface area contributed by atoms with Gasteiger partial charge in [-0.2, -0.15) is 4.68 Å². The van der Waals surface area contributed by atoms with E-state index in [1.54, 1.807) is 20.8 Å². The summed E-state index contributed by atoms with van der Waals surface area (Å²) in [6.07, 6.45) is 1.71. The zero-order valence-electron chi connectivity index (χ0n) is 18.1. The van der Waals surface area contributed by atoms with Crippen LogP contribution in [0.2, 0.25) is 11.1 Å². The Morgan fingerprint density at radius 1 is 1.36 bits per heavy atom. The maximum Gasteiger partial charge on any atom is 0.408 e. The molecule has 3 heterocycles. The van der Waals surface area contributed by atoms with Crippen LogP contribution in [-0.4, -0.2) is 37.1 Å². The fraction of sp³-hybridized carbons (Fsp3) is 0.737. The first-order valence-corrected chi connectivity index (χ1v) is 12.2. The van der Waals surface area contributed by atoms with E-state index >= 15 is 0 Å². The van der Waals surface area contributed by atoms with E-state index in [-0.39, 0.29) is 11.6 Å². The van der Waals surface area contributed by atoms with Crippen molar-refractivity contribution in [1.82, 2.24) is 10.4 Å². The molecule has 2 aliphatic heterocycles. The molecular weight excluding hydrogens is 376 g/mol. The number of carbonyl (C=O) groups is 2. The molecule has 0 spiro atoms. The second kappa shape index (κ2) is 6.87. The van der Waals surface area contributed by atoms with Gasteiger partial charge in [0.05, 0.1) is 11.8 Å². The number of aromatic amines is 1. The molecule has 8 nitrogen and oxygen atoms in total. The van der Waals surface area contributed by atoms with Gasteiger partial charge in [-0.15, -0.1) is 0 Å². The van der Waals surface area contributed by atoms with Gasteiger partial charge in [-0.05, 0) is 38.8 Å². The Morgan fingerprint density at radius 3 is 2.50 bits per heavy atom. The Kier molecular flexibility index (Phi) is 5.12. The number of rotatable bonds is 3. The molecule has 3 rings (SSSR count). The lowest BCUT2D eigenvalue weighted by molar-refractivity contribution is -0.749. The predicted molar refractivity (Wildman–Crippen MR) is 107 cm³/mol. The smallest absolute Gasteiger partial charge is 0.408 e. The molecule has 9 heteroatoms. The number of nitrogens with one attached hydrogen (secondary N) is 2. The molecule has 0 bridgehead atoms. The number of carbonyl (C=O) groups excluding carboxylic acids is 2. The maximum atomic E-state index is 13.3. The summed E-state index contributed by atoms with van der Waals surface area (Å²) in [5.74, 6) is 0.501. The van der Waals surface area contributed by atoms with Crippen LogP contribution in [0.25, 0.3) is 0 Å². The molecule has 1 aromatic heterocycles. The van der Waals surface area contributed by atoms with Crippen molar-refractivity contribution in [1.29, 1.82) is 0 Å². The van der Waals surface area contributed by atoms with Crippen LogP contribution in [0.5, 0.6) is 0 Å². The summed E-state index contributed by atoms with van der Waals surface area (Å²) in [5.41, 5.74) is 1.10. The largest absolute Gasteiger partial charge is 0.444 e. The van der Waals surface area contributed by atoms with Gasteiger partial charge in [-0.25, -0.2) is 19.2 Å². The van der Waals surface area contributed by atoms with Gasteiger partial charge in [0.1, 0.15) is 17.3 Å². The Hall–Kier alpha value is -1.87. The van der Waals surface area contributed by atoms with Crippen molar-refractivity contribution >= 4 is 26.1 Å². The summed E-state index contributed by atoms with van der Waals surface area (Å²) in [7, 11) is -2.39. The van der Waals surface area contributed by atoms with Crippen molar-refractivity contribution in [2.45, 2.75) is 90.2 Å². The minimum absolute atomic E-state index is 0.163. The van der Waals surface area contributed by atoms with Crippen LogP contribution in [-0.2, 0) is 20.5 Å². The lowest BCUT2D eigenvalue weighted by atomic mass is 10.0. The molecule has 0 radical (unpaired) electrons. The molecule has 0 aromatic carbocycles. The van der Waals surface area contributed by atoms with Gasteiger partial charge in [0.15, 0.2) is 0 Å². The SMILES string of the molecule is CC(C)[Si]1(C(C)C)ON2C(=O)C(NC(=O)OC(C)(C)C)Cc3c[nH][n+](c32)C1C. The lowest BCUT2D eigenvalue weighted by Gasteiger charge is -2.44. The number of aromatic nitrogens is 2. The van der Waals surface area contributed by atoms with E-state index in [9.17, 15) is 9.59 Å². The molecule has 28 heavy (non-hydrogen) atoms. The quantitative estimate of drug-likeness (QED) is 0.594. The molecule has 2 N–H and O–H groups in total. The van der Waals surface area contributed by atoms with E-state index in [0.717, 1.165) is 11.4 Å². The van der Waals surface area contributed by atoms with Crippen LogP contribution >= 0.6 is 0 Å². The van der Waals surface area contributed by atoms with Crippen LogP contribution in [0.4, 0.5) is 10.6 Å². The van der Waals surface area contributed by atoms with E-state index in [1.165, 1.54) is 5.06 Å². The number of ether oxygens (including phenoxy) is 1. The van der Waals surface area contributed by atoms with Crippen molar-refractivity contribution in [3.05, 3.63) is 11.8 Å². The van der Waals surface area contributed by atoms with Crippen LogP contribution in [0, 0.1) is 0 Å². The number of hydrogen-bond donors (Lipinski definition) is 2. The summed E-state index contributed by atoms with van der Waals surface area (Å²) >= 11 is 0. The monoisotopic (exact) mass is 409 g/mol. The van der Waals surface area contributed by atoms with Crippen molar-refractivity contribution in [2.24, 2.45) is 0 Å². The van der Waals surface area contributed by atoms with Crippen LogP contribution in [0.1, 0.15) is 66.6 Å². The molecule has 0 saturated heterocycles. The zero-order valence-corrected chi connectivity index (χ0v) is 19.1. The highest BCUT2D eigenvalue weighted by Crippen LogP contribution is 2.45. The summed E-state index contributed by atoms with van der Waals surface area (Å²) in [6, 6.07) is -0.717. The third-order valence-corrected chi connectivity index (χ3v) is 11.5. The second-order valence-electron chi connectivity index (χ2n) is 9.46. The molecule has 2 atom stereocenters. The third-order valence-electron chi connectivity index (χ3n) is 5.79. The standard InChI is InChI=1S/C19H32N4O4Si/c1-11(2)28(12(3)4)13(5)22-16-14(10-20-22)9-15(17(24)23(16)27-28)21-18(25)26-19(6,7)8/h10-13,15H,9H2,1-8H3,(H,21,25)/p+1. The molecule has 2 aliphatic rings. The molecule has 2 amide bonds. The Labute approximate surface area is 167 Å². The Morgan fingerprint density at radius 2 is 1.96 bits per heavy atom. The van der Waals surface area contributed by atoms with Crippen LogP contribution < -0.4 is 15.1 Å². The minimum atomic E-state index is -2.39. The van der Waals surface area contributed by atoms with Crippen LogP contribution in [0.3, 0.4) is 0 Å². The molecule has 0 aliphatic carbocycles. The van der Waals surface area contributed by atoms with Crippen molar-refractivity contribution in [3.8, 4) is 0 Å². The van der Waals surface area contributed by atoms with Gasteiger partial charge in [-0.1, -0.05) is 32.8 Å². The fourth-order valence-electron chi connectivity index (χ4n) is 4.58. The van der Waals surface area contributed by atoms with Gasteiger partial charge in [0.2, 0.25) is 0 Å². The fourth-order valence-corrected chi connectivity index (χ4v) is 9.51. The van der Waals surface area contributed by atoms with E-state index in [0.29, 0.717) is 17.5 Å². The Balaban J connectivity index is 1.96. The molecule has 0 fully saturated rings. The summed E-state index contributed by atoms with van der Waals surface area (Å²) in [6.45, 7) is 16.2. The zero-order chi connectivity index (χ0) is 21.0. The first kappa shape index (κ1) is 20.9. The van der Waals surface area contributed by atoms with Gasteiger partial charge in [0, 0.05) is 6.42 Å². The predicted octanol–water partition coefficient (Wildman–Crippen LogP) is 2.90. The average molecular weight is 410 g/mol. The molecule has 0 saturated carbocycles. The van der Waals surface area contributed by atoms with Crippen molar-refractivity contribution < 1.29 is 23.5 Å². The van der Waals surface area contributed by atoms with Gasteiger partial charge >= 0.3 is 26.1 Å². The van der Waals surface area contributed by atoms with Crippen molar-refractivity contribution in [2.75, 3.05) is 5.06 Å². The normalized spacial score (nSPS) is 23.8. The summed E-state index contributed by atoms with van der Waals surface area (Å²) < 4.78 is 14.0. The molecular formula is C19H33N4O4Si+. The number of H-pyrrole nitrogens is 1. The molecule has 156 valence electrons. The number of amides is 2. The second-order valence-corrected chi connectivity index (χ2v) is 14.5. The van der Waals surface area contributed by atoms with E-state index in [1.807, 2.05) is 6.20 Å². The number of hydroxylamine groups is 1. The molecule has 1 aromatic rings. The Bertz CT molecular complexity index is 775. The highest BCUT2D eigenvalue weighted by atomic mass is 28.4. The average Bonchev–Trinajstić information content (AvgIpc) is 2.96. The van der Waals surface area contributed by atoms with Gasteiger partial charge < -0.3 is 10.1 Å². The number of nitrogens with zero attached hydrogens (tertiary/aromatic N) is 2. The highest BCUT2D eigenvalue weighted by molar-refractivity contribution is 6.77. The number of anilines is 1. The molecule has 2 unspecified atom stereocenters. The minimum Gasteiger partial charge on any atom is -0.444 e.